The summed E-state index contributed by atoms with van der Waals surface area (Å²) in [5.74, 6) is 1.69. The Hall–Kier alpha value is -1.03. The lowest BCUT2D eigenvalue weighted by atomic mass is 10.1. The zero-order chi connectivity index (χ0) is 13.4. The lowest BCUT2D eigenvalue weighted by Gasteiger charge is -2.20. The first-order chi connectivity index (χ1) is 9.19. The van der Waals surface area contributed by atoms with E-state index in [0.29, 0.717) is 12.0 Å². The summed E-state index contributed by atoms with van der Waals surface area (Å²) < 4.78 is 5.85. The van der Waals surface area contributed by atoms with Crippen LogP contribution in [0.15, 0.2) is 28.7 Å². The summed E-state index contributed by atoms with van der Waals surface area (Å²) in [7, 11) is 0. The summed E-state index contributed by atoms with van der Waals surface area (Å²) in [4.78, 5) is 2.53. The summed E-state index contributed by atoms with van der Waals surface area (Å²) >= 11 is 0. The minimum atomic E-state index is 0. The topological polar surface area (TPSA) is 42.4 Å². The van der Waals surface area contributed by atoms with Gasteiger partial charge in [-0.05, 0) is 38.8 Å². The molecule has 0 radical (unpaired) electrons. The SMILES string of the molecule is Cc1oc2ccccc2c1CN1CC(CN)CC1C.Cl. The highest BCUT2D eigenvalue weighted by Gasteiger charge is 2.29. The average molecular weight is 295 g/mol. The van der Waals surface area contributed by atoms with E-state index in [-0.39, 0.29) is 12.4 Å². The fourth-order valence-electron chi connectivity index (χ4n) is 3.23. The number of fused-ring (bicyclic) bond motifs is 1. The smallest absolute Gasteiger partial charge is 0.134 e. The summed E-state index contributed by atoms with van der Waals surface area (Å²) in [5.41, 5.74) is 8.14. The van der Waals surface area contributed by atoms with Crippen LogP contribution in [0.4, 0.5) is 0 Å². The van der Waals surface area contributed by atoms with Crippen molar-refractivity contribution in [3.05, 3.63) is 35.6 Å². The highest BCUT2D eigenvalue weighted by atomic mass is 35.5. The molecule has 2 unspecified atom stereocenters. The average Bonchev–Trinajstić information content (AvgIpc) is 2.92. The van der Waals surface area contributed by atoms with Gasteiger partial charge in [-0.1, -0.05) is 18.2 Å². The summed E-state index contributed by atoms with van der Waals surface area (Å²) in [6, 6.07) is 8.92. The van der Waals surface area contributed by atoms with Gasteiger partial charge in [-0.3, -0.25) is 4.90 Å². The molecule has 110 valence electrons. The molecule has 2 N–H and O–H groups in total. The number of furan rings is 1. The monoisotopic (exact) mass is 294 g/mol. The third kappa shape index (κ3) is 2.71. The zero-order valence-electron chi connectivity index (χ0n) is 12.1. The first kappa shape index (κ1) is 15.4. The first-order valence-corrected chi connectivity index (χ1v) is 7.10. The Morgan fingerprint density at radius 2 is 2.10 bits per heavy atom. The molecule has 1 aromatic carbocycles. The molecule has 0 spiro atoms. The normalized spacial score (nSPS) is 23.1. The van der Waals surface area contributed by atoms with E-state index in [1.165, 1.54) is 17.4 Å². The molecule has 1 fully saturated rings. The molecule has 0 bridgehead atoms. The molecule has 2 heterocycles. The lowest BCUT2D eigenvalue weighted by Crippen LogP contribution is -2.27. The van der Waals surface area contributed by atoms with Crippen LogP contribution in [0.25, 0.3) is 11.0 Å². The van der Waals surface area contributed by atoms with E-state index in [0.717, 1.165) is 31.0 Å². The van der Waals surface area contributed by atoms with Gasteiger partial charge in [0.2, 0.25) is 0 Å². The van der Waals surface area contributed by atoms with Crippen LogP contribution in [0.1, 0.15) is 24.7 Å². The maximum Gasteiger partial charge on any atom is 0.134 e. The van der Waals surface area contributed by atoms with Crippen molar-refractivity contribution in [2.24, 2.45) is 11.7 Å². The van der Waals surface area contributed by atoms with E-state index in [4.69, 9.17) is 10.2 Å². The number of halogens is 1. The van der Waals surface area contributed by atoms with Crippen LogP contribution in [0.3, 0.4) is 0 Å². The fourth-order valence-corrected chi connectivity index (χ4v) is 3.23. The Kier molecular flexibility index (Phi) is 4.74. The lowest BCUT2D eigenvalue weighted by molar-refractivity contribution is 0.255. The highest BCUT2D eigenvalue weighted by molar-refractivity contribution is 5.85. The van der Waals surface area contributed by atoms with Gasteiger partial charge >= 0.3 is 0 Å². The fraction of sp³-hybridized carbons (Fsp3) is 0.500. The van der Waals surface area contributed by atoms with Gasteiger partial charge in [0.15, 0.2) is 0 Å². The number of hydrogen-bond acceptors (Lipinski definition) is 3. The second kappa shape index (κ2) is 6.17. The van der Waals surface area contributed by atoms with Gasteiger partial charge < -0.3 is 10.2 Å². The van der Waals surface area contributed by atoms with Crippen molar-refractivity contribution < 1.29 is 4.42 Å². The van der Waals surface area contributed by atoms with Crippen LogP contribution < -0.4 is 5.73 Å². The van der Waals surface area contributed by atoms with E-state index in [1.807, 2.05) is 12.1 Å². The van der Waals surface area contributed by atoms with E-state index >= 15 is 0 Å². The Balaban J connectivity index is 0.00000147. The first-order valence-electron chi connectivity index (χ1n) is 7.10. The second-order valence-corrected chi connectivity index (χ2v) is 5.75. The maximum absolute atomic E-state index is 5.85. The molecule has 0 amide bonds. The highest BCUT2D eigenvalue weighted by Crippen LogP contribution is 2.30. The van der Waals surface area contributed by atoms with Crippen molar-refractivity contribution in [1.82, 2.24) is 4.90 Å². The number of para-hydroxylation sites is 1. The van der Waals surface area contributed by atoms with Crippen LogP contribution >= 0.6 is 12.4 Å². The summed E-state index contributed by atoms with van der Waals surface area (Å²) in [6.45, 7) is 7.24. The van der Waals surface area contributed by atoms with Gasteiger partial charge in [0.25, 0.3) is 0 Å². The van der Waals surface area contributed by atoms with Crippen LogP contribution in [0.2, 0.25) is 0 Å². The zero-order valence-corrected chi connectivity index (χ0v) is 13.0. The van der Waals surface area contributed by atoms with Crippen LogP contribution in [-0.4, -0.2) is 24.0 Å². The van der Waals surface area contributed by atoms with Crippen LogP contribution in [0.5, 0.6) is 0 Å². The van der Waals surface area contributed by atoms with Crippen molar-refractivity contribution >= 4 is 23.4 Å². The maximum atomic E-state index is 5.85. The van der Waals surface area contributed by atoms with Gasteiger partial charge in [0, 0.05) is 30.1 Å². The van der Waals surface area contributed by atoms with Crippen LogP contribution in [0, 0.1) is 12.8 Å². The van der Waals surface area contributed by atoms with E-state index in [9.17, 15) is 0 Å². The number of nitrogens with two attached hydrogens (primary N) is 1. The minimum Gasteiger partial charge on any atom is -0.461 e. The predicted molar refractivity (Wildman–Crippen MR) is 85.2 cm³/mol. The number of nitrogens with zero attached hydrogens (tertiary/aromatic N) is 1. The molecule has 1 aromatic heterocycles. The number of rotatable bonds is 3. The molecule has 2 aromatic rings. The van der Waals surface area contributed by atoms with E-state index in [2.05, 4.69) is 30.9 Å². The molecule has 4 heteroatoms. The third-order valence-electron chi connectivity index (χ3n) is 4.39. The van der Waals surface area contributed by atoms with Crippen molar-refractivity contribution in [3.8, 4) is 0 Å². The minimum absolute atomic E-state index is 0. The number of aryl methyl sites for hydroxylation is 1. The standard InChI is InChI=1S/C16H22N2O.ClH/c1-11-7-13(8-17)9-18(11)10-15-12(2)19-16-6-4-3-5-14(15)16;/h3-6,11,13H,7-10,17H2,1-2H3;1H. The Bertz CT molecular complexity index is 581. The molecule has 3 rings (SSSR count). The molecule has 20 heavy (non-hydrogen) atoms. The molecule has 1 aliphatic heterocycles. The van der Waals surface area contributed by atoms with Crippen molar-refractivity contribution in [2.75, 3.05) is 13.1 Å². The van der Waals surface area contributed by atoms with Gasteiger partial charge in [0.1, 0.15) is 11.3 Å². The molecular weight excluding hydrogens is 272 g/mol. The Morgan fingerprint density at radius 1 is 1.35 bits per heavy atom. The van der Waals surface area contributed by atoms with Crippen molar-refractivity contribution in [2.45, 2.75) is 32.9 Å². The van der Waals surface area contributed by atoms with E-state index < -0.39 is 0 Å². The Morgan fingerprint density at radius 3 is 2.80 bits per heavy atom. The number of hydrogen-bond donors (Lipinski definition) is 1. The predicted octanol–water partition coefficient (Wildman–Crippen LogP) is 3.33. The van der Waals surface area contributed by atoms with Crippen LogP contribution in [-0.2, 0) is 6.54 Å². The largest absolute Gasteiger partial charge is 0.461 e. The van der Waals surface area contributed by atoms with Gasteiger partial charge in [-0.15, -0.1) is 12.4 Å². The molecule has 1 aliphatic rings. The van der Waals surface area contributed by atoms with Crippen molar-refractivity contribution in [1.29, 1.82) is 0 Å². The van der Waals surface area contributed by atoms with Crippen molar-refractivity contribution in [3.63, 3.8) is 0 Å². The Labute approximate surface area is 126 Å². The molecule has 0 saturated carbocycles. The molecule has 0 aliphatic carbocycles. The van der Waals surface area contributed by atoms with Gasteiger partial charge in [0.05, 0.1) is 0 Å². The van der Waals surface area contributed by atoms with Gasteiger partial charge in [-0.2, -0.15) is 0 Å². The molecule has 2 atom stereocenters. The van der Waals surface area contributed by atoms with E-state index in [1.54, 1.807) is 0 Å². The summed E-state index contributed by atoms with van der Waals surface area (Å²) in [6.07, 6.45) is 1.21. The summed E-state index contributed by atoms with van der Waals surface area (Å²) in [5, 5.41) is 1.25. The number of likely N-dealkylation sites (tertiary alicyclic amines) is 1. The third-order valence-corrected chi connectivity index (χ3v) is 4.39. The number of benzene rings is 1. The molecular formula is C16H23ClN2O. The quantitative estimate of drug-likeness (QED) is 0.944. The molecule has 3 nitrogen and oxygen atoms in total. The molecule has 1 saturated heterocycles. The van der Waals surface area contributed by atoms with Gasteiger partial charge in [-0.25, -0.2) is 0 Å². The second-order valence-electron chi connectivity index (χ2n) is 5.75.